The van der Waals surface area contributed by atoms with Crippen molar-refractivity contribution in [3.05, 3.63) is 47.8 Å². The molecule has 1 aromatic heterocycles. The highest BCUT2D eigenvalue weighted by molar-refractivity contribution is 5.87. The Kier molecular flexibility index (Phi) is 6.85. The summed E-state index contributed by atoms with van der Waals surface area (Å²) in [6, 6.07) is 3.37. The summed E-state index contributed by atoms with van der Waals surface area (Å²) in [4.78, 5) is 28.8. The van der Waals surface area contributed by atoms with Gasteiger partial charge in [-0.05, 0) is 38.0 Å². The number of carbonyl (C=O) groups is 2. The van der Waals surface area contributed by atoms with Crippen LogP contribution in [0.2, 0.25) is 0 Å². The van der Waals surface area contributed by atoms with Crippen LogP contribution in [0.15, 0.2) is 42.1 Å². The minimum atomic E-state index is -0.933. The number of aromatic nitrogens is 1. The van der Waals surface area contributed by atoms with Gasteiger partial charge in [-0.3, -0.25) is 0 Å². The number of methoxy groups -OCH3 is 1. The summed E-state index contributed by atoms with van der Waals surface area (Å²) in [6.07, 6.45) is 3.53. The monoisotopic (exact) mass is 515 g/mol. The number of aromatic amines is 1. The average Bonchev–Trinajstić information content (AvgIpc) is 3.46. The van der Waals surface area contributed by atoms with Crippen molar-refractivity contribution in [3.63, 3.8) is 0 Å². The lowest BCUT2D eigenvalue weighted by Crippen LogP contribution is -2.57. The van der Waals surface area contributed by atoms with Gasteiger partial charge in [0, 0.05) is 42.9 Å². The predicted molar refractivity (Wildman–Crippen MR) is 132 cm³/mol. The Balaban J connectivity index is 1.58. The summed E-state index contributed by atoms with van der Waals surface area (Å²) in [6.45, 7) is 7.35. The van der Waals surface area contributed by atoms with Crippen molar-refractivity contribution in [1.82, 2.24) is 4.98 Å². The first-order valence-electron chi connectivity index (χ1n) is 13.1. The van der Waals surface area contributed by atoms with E-state index in [1.165, 1.54) is 7.11 Å². The number of nitrogens with one attached hydrogen (secondary N) is 1. The molecular weight excluding hydrogens is 478 g/mol. The van der Waals surface area contributed by atoms with E-state index in [0.717, 1.165) is 5.57 Å². The summed E-state index contributed by atoms with van der Waals surface area (Å²) in [7, 11) is 1.46. The number of aliphatic hydroxyl groups is 2. The number of hydrogen-bond acceptors (Lipinski definition) is 8. The molecular formula is C28H37NO8. The third kappa shape index (κ3) is 4.07. The molecule has 1 aromatic rings. The Hall–Kier alpha value is -2.46. The van der Waals surface area contributed by atoms with E-state index in [1.807, 2.05) is 39.0 Å². The van der Waals surface area contributed by atoms with Crippen molar-refractivity contribution < 1.29 is 38.7 Å². The van der Waals surface area contributed by atoms with E-state index in [2.05, 4.69) is 4.98 Å². The Morgan fingerprint density at radius 2 is 2.05 bits per heavy atom. The molecule has 12 atom stereocenters. The van der Waals surface area contributed by atoms with Gasteiger partial charge < -0.3 is 34.1 Å². The fourth-order valence-corrected chi connectivity index (χ4v) is 7.14. The van der Waals surface area contributed by atoms with Gasteiger partial charge in [0.2, 0.25) is 0 Å². The van der Waals surface area contributed by atoms with Crippen molar-refractivity contribution >= 4 is 11.9 Å². The predicted octanol–water partition coefficient (Wildman–Crippen LogP) is 2.40. The Bertz CT molecular complexity index is 1080. The molecule has 3 heterocycles. The second kappa shape index (κ2) is 9.69. The fourth-order valence-electron chi connectivity index (χ4n) is 7.14. The largest absolute Gasteiger partial charge is 0.457 e. The molecule has 0 aromatic carbocycles. The highest BCUT2D eigenvalue weighted by Crippen LogP contribution is 2.61. The molecule has 5 rings (SSSR count). The topological polar surface area (TPSA) is 127 Å². The van der Waals surface area contributed by atoms with E-state index < -0.39 is 54.2 Å². The van der Waals surface area contributed by atoms with Gasteiger partial charge in [0.25, 0.3) is 0 Å². The van der Waals surface area contributed by atoms with Gasteiger partial charge in [0.05, 0.1) is 12.2 Å². The van der Waals surface area contributed by atoms with Crippen LogP contribution in [-0.4, -0.2) is 76.5 Å². The first kappa shape index (κ1) is 26.2. The van der Waals surface area contributed by atoms with Gasteiger partial charge in [-0.15, -0.1) is 0 Å². The summed E-state index contributed by atoms with van der Waals surface area (Å²) in [5.41, 5.74) is 0.301. The quantitative estimate of drug-likeness (QED) is 0.412. The van der Waals surface area contributed by atoms with E-state index in [9.17, 15) is 19.8 Å². The molecule has 0 unspecified atom stereocenters. The van der Waals surface area contributed by atoms with Crippen LogP contribution < -0.4 is 0 Å². The summed E-state index contributed by atoms with van der Waals surface area (Å²) >= 11 is 0. The molecule has 1 saturated heterocycles. The number of aliphatic hydroxyl groups excluding tert-OH is 2. The van der Waals surface area contributed by atoms with Gasteiger partial charge in [-0.25, -0.2) is 9.59 Å². The van der Waals surface area contributed by atoms with Crippen LogP contribution in [0.5, 0.6) is 0 Å². The average molecular weight is 516 g/mol. The van der Waals surface area contributed by atoms with Crippen LogP contribution in [0.25, 0.3) is 0 Å². The van der Waals surface area contributed by atoms with Crippen LogP contribution in [0.3, 0.4) is 0 Å². The maximum atomic E-state index is 13.1. The van der Waals surface area contributed by atoms with Crippen LogP contribution in [0.1, 0.15) is 44.6 Å². The molecule has 202 valence electrons. The Morgan fingerprint density at radius 1 is 1.30 bits per heavy atom. The van der Waals surface area contributed by atoms with Crippen LogP contribution in [0, 0.1) is 29.6 Å². The van der Waals surface area contributed by atoms with Gasteiger partial charge in [0.1, 0.15) is 29.6 Å². The number of cyclic esters (lactones) is 1. The minimum Gasteiger partial charge on any atom is -0.457 e. The summed E-state index contributed by atoms with van der Waals surface area (Å²) in [5, 5.41) is 22.1. The molecule has 9 nitrogen and oxygen atoms in total. The molecule has 2 aliphatic heterocycles. The van der Waals surface area contributed by atoms with E-state index in [4.69, 9.17) is 18.9 Å². The van der Waals surface area contributed by atoms with E-state index in [0.29, 0.717) is 5.69 Å². The molecule has 0 radical (unpaired) electrons. The molecule has 37 heavy (non-hydrogen) atoms. The van der Waals surface area contributed by atoms with Gasteiger partial charge in [-0.2, -0.15) is 0 Å². The SMILES string of the molecule is CO[C@H]1C[C@H]2C=C[C@H]3[C@H]4O[C@]2(/C(C)=C\[C@@H](C)[C@@H]([C@@H](C)O)OC1=O)[C@@H]3[C@H](O)[C@@H](C)[C@H]4OC(=O)c1ccc[nH]1. The van der Waals surface area contributed by atoms with E-state index in [1.54, 1.807) is 25.3 Å². The zero-order valence-corrected chi connectivity index (χ0v) is 21.9. The molecule has 4 aliphatic rings. The molecule has 9 heteroatoms. The molecule has 2 fully saturated rings. The zero-order valence-electron chi connectivity index (χ0n) is 21.9. The first-order valence-corrected chi connectivity index (χ1v) is 13.1. The zero-order chi connectivity index (χ0) is 26.6. The normalized spacial score (nSPS) is 45.3. The number of ether oxygens (including phenoxy) is 4. The molecule has 0 amide bonds. The van der Waals surface area contributed by atoms with E-state index >= 15 is 0 Å². The molecule has 1 saturated carbocycles. The van der Waals surface area contributed by atoms with E-state index in [-0.39, 0.29) is 36.0 Å². The van der Waals surface area contributed by atoms with Crippen LogP contribution >= 0.6 is 0 Å². The molecule has 3 N–H and O–H groups in total. The molecule has 2 aliphatic carbocycles. The molecule has 4 bridgehead atoms. The maximum absolute atomic E-state index is 13.1. The second-order valence-corrected chi connectivity index (χ2v) is 11.1. The van der Waals surface area contributed by atoms with Crippen molar-refractivity contribution in [2.24, 2.45) is 29.6 Å². The lowest BCUT2D eigenvalue weighted by molar-refractivity contribution is -0.172. The lowest BCUT2D eigenvalue weighted by Gasteiger charge is -2.48. The van der Waals surface area contributed by atoms with Crippen molar-refractivity contribution in [3.8, 4) is 0 Å². The second-order valence-electron chi connectivity index (χ2n) is 11.1. The molecule has 1 spiro atoms. The highest BCUT2D eigenvalue weighted by atomic mass is 16.6. The minimum absolute atomic E-state index is 0.175. The Morgan fingerprint density at radius 3 is 2.70 bits per heavy atom. The fraction of sp³-hybridized carbons (Fsp3) is 0.643. The number of rotatable bonds is 4. The van der Waals surface area contributed by atoms with Crippen molar-refractivity contribution in [2.45, 2.75) is 76.3 Å². The number of esters is 2. The highest BCUT2D eigenvalue weighted by Gasteiger charge is 2.69. The first-order chi connectivity index (χ1) is 17.6. The standard InChI is InChI=1S/C28H37NO8/c1-13-11-14(2)28-17(12-20(34-5)27(33)35-23(13)16(4)30)8-9-18-21(28)22(31)15(3)24(25(18)37-28)36-26(32)19-7-6-10-29-19/h6-11,13,15-18,20-25,29-31H,12H2,1-5H3/b14-11-/t13-,15-,16-,17-,18-,20+,21+,22-,23+,24-,25-,28+/m1/s1. The smallest absolute Gasteiger partial charge is 0.355 e. The van der Waals surface area contributed by atoms with Crippen LogP contribution in [0.4, 0.5) is 0 Å². The van der Waals surface area contributed by atoms with Crippen molar-refractivity contribution in [2.75, 3.05) is 7.11 Å². The third-order valence-electron chi connectivity index (χ3n) is 8.94. The maximum Gasteiger partial charge on any atom is 0.355 e. The van der Waals surface area contributed by atoms with Crippen molar-refractivity contribution in [1.29, 1.82) is 0 Å². The number of hydrogen-bond donors (Lipinski definition) is 3. The van der Waals surface area contributed by atoms with Gasteiger partial charge in [0.15, 0.2) is 6.10 Å². The van der Waals surface area contributed by atoms with Crippen LogP contribution in [-0.2, 0) is 23.7 Å². The summed E-state index contributed by atoms with van der Waals surface area (Å²) < 4.78 is 24.2. The number of carbonyl (C=O) groups excluding carboxylic acids is 2. The third-order valence-corrected chi connectivity index (χ3v) is 8.94. The lowest BCUT2D eigenvalue weighted by atomic mass is 9.57. The van der Waals surface area contributed by atoms with Gasteiger partial charge in [-0.1, -0.05) is 32.1 Å². The van der Waals surface area contributed by atoms with Gasteiger partial charge >= 0.3 is 11.9 Å². The summed E-state index contributed by atoms with van der Waals surface area (Å²) in [5.74, 6) is -2.49. The Labute approximate surface area is 216 Å². The number of H-pyrrole nitrogens is 1.